The number of hydrogen-bond acceptors (Lipinski definition) is 4. The van der Waals surface area contributed by atoms with E-state index in [0.29, 0.717) is 16.9 Å². The fourth-order valence-electron chi connectivity index (χ4n) is 1.99. The molecule has 0 saturated carbocycles. The minimum Gasteiger partial charge on any atom is -0.444 e. The maximum absolute atomic E-state index is 12.3. The summed E-state index contributed by atoms with van der Waals surface area (Å²) >= 11 is 11.9. The maximum Gasteiger partial charge on any atom is 0.412 e. The van der Waals surface area contributed by atoms with Crippen LogP contribution < -0.4 is 16.4 Å². The molecule has 26 heavy (non-hydrogen) atoms. The van der Waals surface area contributed by atoms with E-state index < -0.39 is 11.7 Å². The van der Waals surface area contributed by atoms with Crippen LogP contribution in [0.4, 0.5) is 21.9 Å². The van der Waals surface area contributed by atoms with E-state index in [0.717, 1.165) is 0 Å². The Morgan fingerprint density at radius 1 is 0.962 bits per heavy atom. The summed E-state index contributed by atoms with van der Waals surface area (Å²) in [6.45, 7) is 5.32. The molecule has 2 aromatic rings. The summed E-state index contributed by atoms with van der Waals surface area (Å²) in [5.74, 6) is -0.356. The highest BCUT2D eigenvalue weighted by molar-refractivity contribution is 6.39. The number of carbonyl (C=O) groups excluding carboxylic acids is 2. The third-order valence-corrected chi connectivity index (χ3v) is 3.75. The van der Waals surface area contributed by atoms with Gasteiger partial charge in [-0.05, 0) is 57.2 Å². The lowest BCUT2D eigenvalue weighted by molar-refractivity contribution is 0.0636. The Balaban J connectivity index is 2.04. The summed E-state index contributed by atoms with van der Waals surface area (Å²) in [5.41, 5.74) is 6.66. The molecule has 8 heteroatoms. The van der Waals surface area contributed by atoms with Gasteiger partial charge in [0.1, 0.15) is 5.60 Å². The van der Waals surface area contributed by atoms with Crippen molar-refractivity contribution in [2.75, 3.05) is 16.4 Å². The maximum atomic E-state index is 12.3. The Hall–Kier alpha value is -2.44. The van der Waals surface area contributed by atoms with Gasteiger partial charge in [0, 0.05) is 16.9 Å². The van der Waals surface area contributed by atoms with Gasteiger partial charge in [0.15, 0.2) is 0 Å². The van der Waals surface area contributed by atoms with Gasteiger partial charge in [0.25, 0.3) is 5.91 Å². The van der Waals surface area contributed by atoms with E-state index in [-0.39, 0.29) is 21.6 Å². The molecule has 0 aliphatic rings. The molecular weight excluding hydrogens is 377 g/mol. The van der Waals surface area contributed by atoms with Crippen LogP contribution >= 0.6 is 23.2 Å². The van der Waals surface area contributed by atoms with Crippen molar-refractivity contribution in [3.05, 3.63) is 52.0 Å². The molecule has 0 aromatic heterocycles. The monoisotopic (exact) mass is 395 g/mol. The van der Waals surface area contributed by atoms with Crippen molar-refractivity contribution in [3.8, 4) is 0 Å². The SMILES string of the molecule is CC(C)(C)OC(=O)Nc1ccc(C(=O)Nc2cc(Cl)c(N)c(Cl)c2)cc1. The Morgan fingerprint density at radius 3 is 2.00 bits per heavy atom. The van der Waals surface area contributed by atoms with Crippen LogP contribution in [0.5, 0.6) is 0 Å². The first-order valence-corrected chi connectivity index (χ1v) is 8.47. The van der Waals surface area contributed by atoms with Gasteiger partial charge in [-0.3, -0.25) is 10.1 Å². The summed E-state index contributed by atoms with van der Waals surface area (Å²) in [5, 5.41) is 5.79. The first kappa shape index (κ1) is 19.9. The number of amides is 2. The van der Waals surface area contributed by atoms with E-state index in [4.69, 9.17) is 33.7 Å². The first-order chi connectivity index (χ1) is 12.0. The lowest BCUT2D eigenvalue weighted by Gasteiger charge is -2.19. The molecule has 6 nitrogen and oxygen atoms in total. The number of nitrogen functional groups attached to an aromatic ring is 1. The molecule has 2 amide bonds. The van der Waals surface area contributed by atoms with Gasteiger partial charge >= 0.3 is 6.09 Å². The molecule has 0 radical (unpaired) electrons. The van der Waals surface area contributed by atoms with Gasteiger partial charge in [-0.1, -0.05) is 23.2 Å². The predicted molar refractivity (Wildman–Crippen MR) is 105 cm³/mol. The van der Waals surface area contributed by atoms with E-state index >= 15 is 0 Å². The van der Waals surface area contributed by atoms with Gasteiger partial charge in [0.2, 0.25) is 0 Å². The molecular formula is C18H19Cl2N3O3. The highest BCUT2D eigenvalue weighted by atomic mass is 35.5. The lowest BCUT2D eigenvalue weighted by atomic mass is 10.2. The van der Waals surface area contributed by atoms with Crippen molar-refractivity contribution in [1.82, 2.24) is 0 Å². The number of rotatable bonds is 3. The molecule has 0 fully saturated rings. The molecule has 0 bridgehead atoms. The Morgan fingerprint density at radius 2 is 1.50 bits per heavy atom. The van der Waals surface area contributed by atoms with Gasteiger partial charge in [-0.25, -0.2) is 4.79 Å². The van der Waals surface area contributed by atoms with Gasteiger partial charge < -0.3 is 15.8 Å². The Bertz CT molecular complexity index is 808. The van der Waals surface area contributed by atoms with Crippen molar-refractivity contribution >= 4 is 52.3 Å². The third-order valence-electron chi connectivity index (χ3n) is 3.13. The van der Waals surface area contributed by atoms with Crippen molar-refractivity contribution in [2.45, 2.75) is 26.4 Å². The van der Waals surface area contributed by atoms with E-state index in [2.05, 4.69) is 10.6 Å². The molecule has 0 saturated heterocycles. The average Bonchev–Trinajstić information content (AvgIpc) is 2.51. The zero-order valence-electron chi connectivity index (χ0n) is 14.5. The number of carbonyl (C=O) groups is 2. The second-order valence-electron chi connectivity index (χ2n) is 6.51. The largest absolute Gasteiger partial charge is 0.444 e. The lowest BCUT2D eigenvalue weighted by Crippen LogP contribution is -2.27. The topological polar surface area (TPSA) is 93.4 Å². The number of anilines is 3. The molecule has 0 spiro atoms. The van der Waals surface area contributed by atoms with Crippen LogP contribution in [-0.4, -0.2) is 17.6 Å². The second-order valence-corrected chi connectivity index (χ2v) is 7.33. The van der Waals surface area contributed by atoms with Crippen LogP contribution in [0, 0.1) is 0 Å². The Kier molecular flexibility index (Phi) is 6.00. The fourth-order valence-corrected chi connectivity index (χ4v) is 2.47. The summed E-state index contributed by atoms with van der Waals surface area (Å²) in [6.07, 6.45) is -0.569. The van der Waals surface area contributed by atoms with Gasteiger partial charge in [-0.15, -0.1) is 0 Å². The molecule has 0 heterocycles. The van der Waals surface area contributed by atoms with Crippen LogP contribution in [0.2, 0.25) is 10.0 Å². The molecule has 0 aliphatic carbocycles. The van der Waals surface area contributed by atoms with E-state index in [1.165, 1.54) is 12.1 Å². The van der Waals surface area contributed by atoms with Crippen LogP contribution in [0.25, 0.3) is 0 Å². The average molecular weight is 396 g/mol. The van der Waals surface area contributed by atoms with Crippen molar-refractivity contribution in [2.24, 2.45) is 0 Å². The number of ether oxygens (including phenoxy) is 1. The van der Waals surface area contributed by atoms with Crippen molar-refractivity contribution in [3.63, 3.8) is 0 Å². The molecule has 0 unspecified atom stereocenters. The van der Waals surface area contributed by atoms with Gasteiger partial charge in [-0.2, -0.15) is 0 Å². The summed E-state index contributed by atoms with van der Waals surface area (Å²) < 4.78 is 5.17. The number of hydrogen-bond donors (Lipinski definition) is 3. The van der Waals surface area contributed by atoms with Crippen molar-refractivity contribution < 1.29 is 14.3 Å². The van der Waals surface area contributed by atoms with E-state index in [9.17, 15) is 9.59 Å². The number of halogens is 2. The van der Waals surface area contributed by atoms with Crippen LogP contribution in [0.1, 0.15) is 31.1 Å². The highest BCUT2D eigenvalue weighted by Gasteiger charge is 2.16. The van der Waals surface area contributed by atoms with Gasteiger partial charge in [0.05, 0.1) is 15.7 Å². The molecule has 0 atom stereocenters. The molecule has 0 aliphatic heterocycles. The standard InChI is InChI=1S/C18H19Cl2N3O3/c1-18(2,3)26-17(25)23-11-6-4-10(5-7-11)16(24)22-12-8-13(19)15(21)14(20)9-12/h4-9H,21H2,1-3H3,(H,22,24)(H,23,25). The molecule has 4 N–H and O–H groups in total. The minimum absolute atomic E-state index is 0.254. The smallest absolute Gasteiger partial charge is 0.412 e. The Labute approximate surface area is 161 Å². The van der Waals surface area contributed by atoms with Crippen LogP contribution in [0.3, 0.4) is 0 Å². The van der Waals surface area contributed by atoms with Crippen LogP contribution in [0.15, 0.2) is 36.4 Å². The number of nitrogens with one attached hydrogen (secondary N) is 2. The van der Waals surface area contributed by atoms with Crippen LogP contribution in [-0.2, 0) is 4.74 Å². The van der Waals surface area contributed by atoms with E-state index in [1.54, 1.807) is 45.0 Å². The van der Waals surface area contributed by atoms with E-state index in [1.807, 2.05) is 0 Å². The first-order valence-electron chi connectivity index (χ1n) is 7.71. The summed E-state index contributed by atoms with van der Waals surface area (Å²) in [7, 11) is 0. The highest BCUT2D eigenvalue weighted by Crippen LogP contribution is 2.31. The molecule has 138 valence electrons. The molecule has 2 aromatic carbocycles. The number of nitrogens with two attached hydrogens (primary N) is 1. The number of benzene rings is 2. The summed E-state index contributed by atoms with van der Waals surface area (Å²) in [4.78, 5) is 24.0. The second kappa shape index (κ2) is 7.85. The summed E-state index contributed by atoms with van der Waals surface area (Å²) in [6, 6.07) is 9.37. The molecule has 2 rings (SSSR count). The quantitative estimate of drug-likeness (QED) is 0.624. The fraction of sp³-hybridized carbons (Fsp3) is 0.222. The predicted octanol–water partition coefficient (Wildman–Crippen LogP) is 5.17. The minimum atomic E-state index is -0.592. The third kappa shape index (κ3) is 5.54. The van der Waals surface area contributed by atoms with Crippen molar-refractivity contribution in [1.29, 1.82) is 0 Å². The zero-order valence-corrected chi connectivity index (χ0v) is 16.0. The normalized spacial score (nSPS) is 11.0. The zero-order chi connectivity index (χ0) is 19.5.